The highest BCUT2D eigenvalue weighted by molar-refractivity contribution is 5.69. The lowest BCUT2D eigenvalue weighted by Crippen LogP contribution is -2.08. The van der Waals surface area contributed by atoms with E-state index >= 15 is 0 Å². The number of esters is 1. The molecule has 0 aliphatic carbocycles. The third kappa shape index (κ3) is 4.74. The predicted octanol–water partition coefficient (Wildman–Crippen LogP) is 2.47. The Labute approximate surface area is 119 Å². The topological polar surface area (TPSA) is 65.0 Å². The molecule has 0 saturated heterocycles. The summed E-state index contributed by atoms with van der Waals surface area (Å²) in [6.45, 7) is 2.35. The number of carbonyl (C=O) groups excluding carboxylic acids is 1. The Morgan fingerprint density at radius 3 is 2.65 bits per heavy atom. The molecule has 0 aliphatic heterocycles. The van der Waals surface area contributed by atoms with Crippen LogP contribution < -0.4 is 9.47 Å². The lowest BCUT2D eigenvalue weighted by Gasteiger charge is -2.15. The number of hydrogen-bond acceptors (Lipinski definition) is 5. The fraction of sp³-hybridized carbons (Fsp3) is 0.533. The molecule has 1 rings (SSSR count). The second-order valence-electron chi connectivity index (χ2n) is 4.38. The molecular weight excluding hydrogens is 260 g/mol. The van der Waals surface area contributed by atoms with Gasteiger partial charge in [-0.3, -0.25) is 4.79 Å². The van der Waals surface area contributed by atoms with Gasteiger partial charge in [0.15, 0.2) is 0 Å². The lowest BCUT2D eigenvalue weighted by atomic mass is 10.0. The van der Waals surface area contributed by atoms with Gasteiger partial charge in [-0.25, -0.2) is 0 Å². The molecule has 0 amide bonds. The minimum atomic E-state index is -0.797. The van der Waals surface area contributed by atoms with E-state index in [9.17, 15) is 9.90 Å². The molecule has 1 aromatic carbocycles. The highest BCUT2D eigenvalue weighted by atomic mass is 16.5. The van der Waals surface area contributed by atoms with Gasteiger partial charge in [-0.15, -0.1) is 0 Å². The predicted molar refractivity (Wildman–Crippen MR) is 75.0 cm³/mol. The van der Waals surface area contributed by atoms with E-state index < -0.39 is 6.10 Å². The molecule has 0 aromatic heterocycles. The van der Waals surface area contributed by atoms with Crippen LogP contribution >= 0.6 is 0 Å². The van der Waals surface area contributed by atoms with Crippen LogP contribution in [0.1, 0.15) is 37.9 Å². The Bertz CT molecular complexity index is 430. The van der Waals surface area contributed by atoms with Crippen LogP contribution in [0.15, 0.2) is 18.2 Å². The van der Waals surface area contributed by atoms with Crippen molar-refractivity contribution in [1.29, 1.82) is 0 Å². The first-order chi connectivity index (χ1) is 9.62. The molecule has 1 atom stereocenters. The quantitative estimate of drug-likeness (QED) is 0.742. The van der Waals surface area contributed by atoms with Crippen LogP contribution in [0, 0.1) is 0 Å². The SMILES string of the molecule is CCCOC(=O)CCC(O)c1cc(OC)ccc1OC. The Kier molecular flexibility index (Phi) is 6.87. The summed E-state index contributed by atoms with van der Waals surface area (Å²) in [5, 5.41) is 10.2. The van der Waals surface area contributed by atoms with Crippen LogP contribution in [-0.2, 0) is 9.53 Å². The zero-order valence-corrected chi connectivity index (χ0v) is 12.2. The first-order valence-corrected chi connectivity index (χ1v) is 6.68. The van der Waals surface area contributed by atoms with Crippen molar-refractivity contribution >= 4 is 5.97 Å². The molecule has 112 valence electrons. The Hall–Kier alpha value is -1.75. The van der Waals surface area contributed by atoms with E-state index in [0.29, 0.717) is 23.7 Å². The molecule has 0 bridgehead atoms. The average Bonchev–Trinajstić information content (AvgIpc) is 2.49. The highest BCUT2D eigenvalue weighted by Gasteiger charge is 2.16. The van der Waals surface area contributed by atoms with Crippen LogP contribution in [0.3, 0.4) is 0 Å². The van der Waals surface area contributed by atoms with Gasteiger partial charge in [0.2, 0.25) is 0 Å². The van der Waals surface area contributed by atoms with E-state index in [0.717, 1.165) is 6.42 Å². The number of aliphatic hydroxyl groups excluding tert-OH is 1. The fourth-order valence-electron chi connectivity index (χ4n) is 1.80. The van der Waals surface area contributed by atoms with Crippen molar-refractivity contribution in [2.24, 2.45) is 0 Å². The molecule has 5 heteroatoms. The van der Waals surface area contributed by atoms with Crippen molar-refractivity contribution in [1.82, 2.24) is 0 Å². The summed E-state index contributed by atoms with van der Waals surface area (Å²) in [5.74, 6) is 0.904. The van der Waals surface area contributed by atoms with Gasteiger partial charge in [0.05, 0.1) is 26.9 Å². The van der Waals surface area contributed by atoms with Gasteiger partial charge < -0.3 is 19.3 Å². The summed E-state index contributed by atoms with van der Waals surface area (Å²) in [6.07, 6.45) is 0.445. The number of aliphatic hydroxyl groups is 1. The summed E-state index contributed by atoms with van der Waals surface area (Å²) in [7, 11) is 3.09. The van der Waals surface area contributed by atoms with Crippen molar-refractivity contribution in [2.75, 3.05) is 20.8 Å². The molecule has 0 saturated carbocycles. The Morgan fingerprint density at radius 2 is 2.05 bits per heavy atom. The number of ether oxygens (including phenoxy) is 3. The van der Waals surface area contributed by atoms with Gasteiger partial charge in [0.1, 0.15) is 11.5 Å². The first-order valence-electron chi connectivity index (χ1n) is 6.68. The molecule has 0 fully saturated rings. The van der Waals surface area contributed by atoms with Crippen LogP contribution in [0.5, 0.6) is 11.5 Å². The second kappa shape index (κ2) is 8.43. The zero-order valence-electron chi connectivity index (χ0n) is 12.2. The fourth-order valence-corrected chi connectivity index (χ4v) is 1.80. The van der Waals surface area contributed by atoms with Crippen molar-refractivity contribution in [3.63, 3.8) is 0 Å². The number of hydrogen-bond donors (Lipinski definition) is 1. The second-order valence-corrected chi connectivity index (χ2v) is 4.38. The molecular formula is C15H22O5. The maximum absolute atomic E-state index is 11.4. The van der Waals surface area contributed by atoms with Gasteiger partial charge in [-0.05, 0) is 31.0 Å². The minimum Gasteiger partial charge on any atom is -0.497 e. The Morgan fingerprint density at radius 1 is 1.30 bits per heavy atom. The monoisotopic (exact) mass is 282 g/mol. The standard InChI is InChI=1S/C15H22O5/c1-4-9-20-15(17)8-6-13(16)12-10-11(18-2)5-7-14(12)19-3/h5,7,10,13,16H,4,6,8-9H2,1-3H3. The van der Waals surface area contributed by atoms with Crippen molar-refractivity contribution in [3.05, 3.63) is 23.8 Å². The molecule has 0 radical (unpaired) electrons. The molecule has 0 spiro atoms. The number of methoxy groups -OCH3 is 2. The van der Waals surface area contributed by atoms with Crippen molar-refractivity contribution in [3.8, 4) is 11.5 Å². The molecule has 1 aromatic rings. The number of carbonyl (C=O) groups is 1. The maximum atomic E-state index is 11.4. The van der Waals surface area contributed by atoms with Gasteiger partial charge in [0, 0.05) is 12.0 Å². The summed E-state index contributed by atoms with van der Waals surface area (Å²) in [4.78, 5) is 11.4. The van der Waals surface area contributed by atoms with E-state index in [1.165, 1.54) is 7.11 Å². The number of benzene rings is 1. The molecule has 0 aliphatic rings. The normalized spacial score (nSPS) is 11.8. The van der Waals surface area contributed by atoms with Gasteiger partial charge in [0.25, 0.3) is 0 Å². The summed E-state index contributed by atoms with van der Waals surface area (Å²) >= 11 is 0. The lowest BCUT2D eigenvalue weighted by molar-refractivity contribution is -0.144. The van der Waals surface area contributed by atoms with E-state index in [1.807, 2.05) is 6.92 Å². The highest BCUT2D eigenvalue weighted by Crippen LogP contribution is 2.31. The first kappa shape index (κ1) is 16.3. The molecule has 20 heavy (non-hydrogen) atoms. The summed E-state index contributed by atoms with van der Waals surface area (Å²) in [6, 6.07) is 5.19. The van der Waals surface area contributed by atoms with Gasteiger partial charge >= 0.3 is 5.97 Å². The number of rotatable bonds is 8. The van der Waals surface area contributed by atoms with Crippen LogP contribution in [0.2, 0.25) is 0 Å². The average molecular weight is 282 g/mol. The van der Waals surface area contributed by atoms with Crippen LogP contribution in [-0.4, -0.2) is 31.9 Å². The van der Waals surface area contributed by atoms with E-state index in [-0.39, 0.29) is 18.8 Å². The van der Waals surface area contributed by atoms with Crippen molar-refractivity contribution < 1.29 is 24.1 Å². The third-order valence-corrected chi connectivity index (χ3v) is 2.88. The van der Waals surface area contributed by atoms with Crippen LogP contribution in [0.25, 0.3) is 0 Å². The van der Waals surface area contributed by atoms with Crippen LogP contribution in [0.4, 0.5) is 0 Å². The van der Waals surface area contributed by atoms with Gasteiger partial charge in [-0.1, -0.05) is 6.92 Å². The van der Waals surface area contributed by atoms with E-state index in [4.69, 9.17) is 14.2 Å². The molecule has 1 N–H and O–H groups in total. The largest absolute Gasteiger partial charge is 0.497 e. The van der Waals surface area contributed by atoms with E-state index in [2.05, 4.69) is 0 Å². The summed E-state index contributed by atoms with van der Waals surface area (Å²) < 4.78 is 15.3. The minimum absolute atomic E-state index is 0.168. The molecule has 0 heterocycles. The van der Waals surface area contributed by atoms with Crippen molar-refractivity contribution in [2.45, 2.75) is 32.3 Å². The van der Waals surface area contributed by atoms with E-state index in [1.54, 1.807) is 25.3 Å². The Balaban J connectivity index is 2.66. The summed E-state index contributed by atoms with van der Waals surface area (Å²) in [5.41, 5.74) is 0.607. The third-order valence-electron chi connectivity index (χ3n) is 2.88. The molecule has 1 unspecified atom stereocenters. The smallest absolute Gasteiger partial charge is 0.305 e. The zero-order chi connectivity index (χ0) is 15.0. The van der Waals surface area contributed by atoms with Gasteiger partial charge in [-0.2, -0.15) is 0 Å². The molecule has 5 nitrogen and oxygen atoms in total. The maximum Gasteiger partial charge on any atom is 0.305 e.